The number of hydrogen-bond donors (Lipinski definition) is 5. The highest BCUT2D eigenvalue weighted by Crippen LogP contribution is 2.29. The zero-order chi connectivity index (χ0) is 40.4. The third kappa shape index (κ3) is 11.9. The molecule has 16 heteroatoms. The molecule has 0 aromatic heterocycles. The molecule has 0 radical (unpaired) electrons. The van der Waals surface area contributed by atoms with Gasteiger partial charge in [0.15, 0.2) is 6.61 Å². The summed E-state index contributed by atoms with van der Waals surface area (Å²) >= 11 is 12.6. The van der Waals surface area contributed by atoms with Gasteiger partial charge in [0.2, 0.25) is 17.7 Å². The number of carboxylic acids is 1. The molecule has 4 aromatic rings. The standard InChI is InChI=1S/C40H37Cl2F3N4O7/c41-28-14-11-26(30(42)21-28)20-33-38(53)47-31(17-10-23-4-2-1-3-5-23)36(51)49-34(39(54)55)19-25-8-15-29(16-9-25)56-22-35(50)46-32(37(52)48-33)18-24-6-12-27(13-7-24)40(43,44)45/h1-9,11-16,21,31-34H,10,17-20,22H2,(H,46,50)(H,47,53)(H,48,52)(H,49,51)(H,54,55)/t31-,32-,33+,34+/m1/s1. The van der Waals surface area contributed by atoms with Crippen molar-refractivity contribution in [3.05, 3.63) is 135 Å². The van der Waals surface area contributed by atoms with Crippen LogP contribution in [0.4, 0.5) is 13.2 Å². The molecule has 0 aliphatic carbocycles. The molecule has 11 nitrogen and oxygen atoms in total. The van der Waals surface area contributed by atoms with Crippen LogP contribution in [0.3, 0.4) is 0 Å². The molecule has 2 aliphatic rings. The van der Waals surface area contributed by atoms with Gasteiger partial charge in [-0.3, -0.25) is 19.2 Å². The molecule has 0 saturated heterocycles. The predicted molar refractivity (Wildman–Crippen MR) is 201 cm³/mol. The van der Waals surface area contributed by atoms with E-state index in [0.29, 0.717) is 22.6 Å². The number of fused-ring (bicyclic) bond motifs is 16. The summed E-state index contributed by atoms with van der Waals surface area (Å²) in [5, 5.41) is 20.9. The van der Waals surface area contributed by atoms with Crippen LogP contribution in [-0.2, 0) is 55.8 Å². The second-order valence-corrected chi connectivity index (χ2v) is 14.0. The third-order valence-corrected chi connectivity index (χ3v) is 9.58. The van der Waals surface area contributed by atoms with Gasteiger partial charge in [0.25, 0.3) is 5.91 Å². The molecule has 2 heterocycles. The Morgan fingerprint density at radius 3 is 1.98 bits per heavy atom. The van der Waals surface area contributed by atoms with Crippen LogP contribution in [0.5, 0.6) is 5.75 Å². The minimum absolute atomic E-state index is 0.0366. The van der Waals surface area contributed by atoms with Gasteiger partial charge in [0, 0.05) is 29.3 Å². The van der Waals surface area contributed by atoms with E-state index < -0.39 is 72.1 Å². The highest BCUT2D eigenvalue weighted by Gasteiger charge is 2.33. The molecule has 0 saturated carbocycles. The first-order chi connectivity index (χ1) is 26.6. The lowest BCUT2D eigenvalue weighted by Crippen LogP contribution is -2.59. The molecular formula is C40H37Cl2F3N4O7. The second-order valence-electron chi connectivity index (χ2n) is 13.1. The van der Waals surface area contributed by atoms with Gasteiger partial charge in [-0.25, -0.2) is 4.79 Å². The Morgan fingerprint density at radius 1 is 0.732 bits per heavy atom. The summed E-state index contributed by atoms with van der Waals surface area (Å²) in [4.78, 5) is 67.6. The smallest absolute Gasteiger partial charge is 0.416 e. The van der Waals surface area contributed by atoms with Crippen molar-refractivity contribution >= 4 is 52.8 Å². The Kier molecular flexibility index (Phi) is 14.0. The van der Waals surface area contributed by atoms with Crippen LogP contribution in [0.1, 0.15) is 34.2 Å². The molecule has 294 valence electrons. The number of rotatable bonds is 8. The summed E-state index contributed by atoms with van der Waals surface area (Å²) in [5.74, 6) is -4.38. The van der Waals surface area contributed by atoms with E-state index >= 15 is 0 Å². The van der Waals surface area contributed by atoms with Crippen LogP contribution in [0.25, 0.3) is 0 Å². The number of hydrogen-bond acceptors (Lipinski definition) is 6. The average Bonchev–Trinajstić information content (AvgIpc) is 3.16. The largest absolute Gasteiger partial charge is 0.484 e. The van der Waals surface area contributed by atoms with E-state index in [-0.39, 0.29) is 42.0 Å². The Hall–Kier alpha value is -5.60. The summed E-state index contributed by atoms with van der Waals surface area (Å²) in [7, 11) is 0. The molecule has 5 N–H and O–H groups in total. The normalized spacial score (nSPS) is 19.9. The van der Waals surface area contributed by atoms with Crippen molar-refractivity contribution in [2.45, 2.75) is 62.4 Å². The first-order valence-electron chi connectivity index (χ1n) is 17.4. The zero-order valence-electron chi connectivity index (χ0n) is 29.6. The number of aryl methyl sites for hydroxylation is 1. The van der Waals surface area contributed by atoms with Gasteiger partial charge in [0.1, 0.15) is 29.9 Å². The lowest BCUT2D eigenvalue weighted by molar-refractivity contribution is -0.142. The van der Waals surface area contributed by atoms with Gasteiger partial charge in [-0.15, -0.1) is 0 Å². The maximum absolute atomic E-state index is 14.2. The number of carbonyl (C=O) groups is 5. The van der Waals surface area contributed by atoms with Gasteiger partial charge in [-0.1, -0.05) is 83.9 Å². The van der Waals surface area contributed by atoms with Gasteiger partial charge >= 0.3 is 12.1 Å². The average molecular weight is 814 g/mol. The minimum Gasteiger partial charge on any atom is -0.484 e. The number of nitrogens with one attached hydrogen (secondary N) is 4. The molecule has 4 aromatic carbocycles. The van der Waals surface area contributed by atoms with Crippen LogP contribution >= 0.6 is 23.2 Å². The molecule has 4 amide bonds. The van der Waals surface area contributed by atoms with Crippen LogP contribution < -0.4 is 26.0 Å². The van der Waals surface area contributed by atoms with Crippen LogP contribution in [0, 0.1) is 0 Å². The Bertz CT molecular complexity index is 2030. The van der Waals surface area contributed by atoms with E-state index in [1.54, 1.807) is 30.3 Å². The summed E-state index contributed by atoms with van der Waals surface area (Å²) in [5.41, 5.74) is 1.09. The lowest BCUT2D eigenvalue weighted by Gasteiger charge is -2.26. The Morgan fingerprint density at radius 2 is 1.36 bits per heavy atom. The van der Waals surface area contributed by atoms with E-state index in [2.05, 4.69) is 21.3 Å². The maximum atomic E-state index is 14.2. The number of amides is 4. The SMILES string of the molecule is O=C1COc2ccc(cc2)C[C@@H](C(=O)O)NC(=O)[C@@H](CCc2ccccc2)NC(=O)[C@H](Cc2ccc(Cl)cc2Cl)NC(=O)[C@@H](Cc2ccc(C(F)(F)F)cc2)N1. The molecule has 6 rings (SSSR count). The van der Waals surface area contributed by atoms with Crippen molar-refractivity contribution in [1.82, 2.24) is 21.3 Å². The number of aliphatic carboxylic acids is 1. The van der Waals surface area contributed by atoms with Crippen molar-refractivity contribution < 1.29 is 47.0 Å². The van der Waals surface area contributed by atoms with E-state index in [4.69, 9.17) is 27.9 Å². The second kappa shape index (κ2) is 18.8. The minimum atomic E-state index is -4.60. The molecule has 56 heavy (non-hydrogen) atoms. The molecular weight excluding hydrogens is 776 g/mol. The summed E-state index contributed by atoms with van der Waals surface area (Å²) in [6.07, 6.45) is -4.89. The van der Waals surface area contributed by atoms with Crippen molar-refractivity contribution in [2.75, 3.05) is 6.61 Å². The van der Waals surface area contributed by atoms with Gasteiger partial charge in [0.05, 0.1) is 5.56 Å². The molecule has 4 atom stereocenters. The summed E-state index contributed by atoms with van der Waals surface area (Å²) in [6, 6.07) is 18.2. The van der Waals surface area contributed by atoms with Crippen LogP contribution in [-0.4, -0.2) is 65.5 Å². The van der Waals surface area contributed by atoms with Crippen molar-refractivity contribution in [1.29, 1.82) is 0 Å². The fourth-order valence-corrected chi connectivity index (χ4v) is 6.46. The molecule has 0 unspecified atom stereocenters. The highest BCUT2D eigenvalue weighted by molar-refractivity contribution is 6.35. The van der Waals surface area contributed by atoms with Gasteiger partial charge in [-0.2, -0.15) is 13.2 Å². The van der Waals surface area contributed by atoms with Crippen LogP contribution in [0.15, 0.2) is 97.1 Å². The highest BCUT2D eigenvalue weighted by atomic mass is 35.5. The fourth-order valence-electron chi connectivity index (χ4n) is 5.98. The van der Waals surface area contributed by atoms with E-state index in [1.807, 2.05) is 18.2 Å². The first kappa shape index (κ1) is 41.6. The number of ether oxygens (including phenoxy) is 1. The molecule has 0 spiro atoms. The summed E-state index contributed by atoms with van der Waals surface area (Å²) < 4.78 is 45.5. The van der Waals surface area contributed by atoms with Gasteiger partial charge < -0.3 is 31.1 Å². The van der Waals surface area contributed by atoms with Crippen LogP contribution in [0.2, 0.25) is 10.0 Å². The quantitative estimate of drug-likeness (QED) is 0.155. The van der Waals surface area contributed by atoms with Crippen molar-refractivity contribution in [3.8, 4) is 5.75 Å². The monoisotopic (exact) mass is 812 g/mol. The number of carbonyl (C=O) groups excluding carboxylic acids is 4. The third-order valence-electron chi connectivity index (χ3n) is 8.99. The van der Waals surface area contributed by atoms with E-state index in [1.165, 1.54) is 36.4 Å². The fraction of sp³-hybridized carbons (Fsp3) is 0.275. The maximum Gasteiger partial charge on any atom is 0.416 e. The predicted octanol–water partition coefficient (Wildman–Crippen LogP) is 5.09. The van der Waals surface area contributed by atoms with Crippen molar-refractivity contribution in [2.24, 2.45) is 0 Å². The van der Waals surface area contributed by atoms with Crippen molar-refractivity contribution in [3.63, 3.8) is 0 Å². The number of benzene rings is 4. The van der Waals surface area contributed by atoms with Gasteiger partial charge in [-0.05, 0) is 71.5 Å². The lowest BCUT2D eigenvalue weighted by atomic mass is 10.00. The molecule has 2 aliphatic heterocycles. The van der Waals surface area contributed by atoms with E-state index in [0.717, 1.165) is 17.7 Å². The molecule has 0 fully saturated rings. The number of alkyl halides is 3. The topological polar surface area (TPSA) is 163 Å². The van der Waals surface area contributed by atoms with E-state index in [9.17, 15) is 42.3 Å². The zero-order valence-corrected chi connectivity index (χ0v) is 31.1. The molecule has 2 bridgehead atoms. The number of halogens is 5. The number of carboxylic acid groups (broad SMARTS) is 1. The Labute approximate surface area is 329 Å². The first-order valence-corrected chi connectivity index (χ1v) is 18.2. The Balaban J connectivity index is 1.51. The summed E-state index contributed by atoms with van der Waals surface area (Å²) in [6.45, 7) is -0.572.